The molecular formula is C17H10Cl4N2O4. The SMILES string of the molecule is N#Cc1ccc(Cl)cc1NC(=O)COC(=O)COc1cc(Cl)c(Cl)cc1Cl. The van der Waals surface area contributed by atoms with Gasteiger partial charge in [0.1, 0.15) is 11.8 Å². The molecule has 1 N–H and O–H groups in total. The van der Waals surface area contributed by atoms with Gasteiger partial charge in [-0.2, -0.15) is 5.26 Å². The summed E-state index contributed by atoms with van der Waals surface area (Å²) < 4.78 is 10.00. The summed E-state index contributed by atoms with van der Waals surface area (Å²) in [4.78, 5) is 23.6. The van der Waals surface area contributed by atoms with Gasteiger partial charge in [-0.3, -0.25) is 4.79 Å². The molecule has 0 radical (unpaired) electrons. The molecule has 0 aliphatic rings. The van der Waals surface area contributed by atoms with Crippen molar-refractivity contribution >= 4 is 64.0 Å². The van der Waals surface area contributed by atoms with Crippen LogP contribution in [0.5, 0.6) is 5.75 Å². The maximum atomic E-state index is 11.9. The van der Waals surface area contributed by atoms with Crippen molar-refractivity contribution in [3.8, 4) is 11.8 Å². The van der Waals surface area contributed by atoms with Crippen LogP contribution < -0.4 is 10.1 Å². The summed E-state index contributed by atoms with van der Waals surface area (Å²) in [5.41, 5.74) is 0.432. The van der Waals surface area contributed by atoms with Crippen LogP contribution in [0.3, 0.4) is 0 Å². The lowest BCUT2D eigenvalue weighted by Crippen LogP contribution is -2.24. The number of halogens is 4. The number of nitriles is 1. The van der Waals surface area contributed by atoms with E-state index >= 15 is 0 Å². The predicted octanol–water partition coefficient (Wildman–Crippen LogP) is 4.73. The zero-order valence-corrected chi connectivity index (χ0v) is 16.4. The van der Waals surface area contributed by atoms with E-state index in [0.29, 0.717) is 5.02 Å². The van der Waals surface area contributed by atoms with E-state index in [4.69, 9.17) is 61.1 Å². The summed E-state index contributed by atoms with van der Waals surface area (Å²) in [6.45, 7) is -1.07. The average Bonchev–Trinajstić information content (AvgIpc) is 2.62. The Morgan fingerprint density at radius 1 is 1.00 bits per heavy atom. The zero-order chi connectivity index (χ0) is 20.0. The van der Waals surface area contributed by atoms with E-state index in [2.05, 4.69) is 5.32 Å². The van der Waals surface area contributed by atoms with E-state index in [1.165, 1.54) is 30.3 Å². The van der Waals surface area contributed by atoms with E-state index in [1.807, 2.05) is 6.07 Å². The molecule has 6 nitrogen and oxygen atoms in total. The highest BCUT2D eigenvalue weighted by Crippen LogP contribution is 2.33. The Bertz CT molecular complexity index is 928. The second-order valence-electron chi connectivity index (χ2n) is 5.00. The van der Waals surface area contributed by atoms with Gasteiger partial charge in [-0.15, -0.1) is 0 Å². The molecule has 0 atom stereocenters. The lowest BCUT2D eigenvalue weighted by atomic mass is 10.2. The van der Waals surface area contributed by atoms with Crippen molar-refractivity contribution < 1.29 is 19.1 Å². The number of hydrogen-bond donors (Lipinski definition) is 1. The number of benzene rings is 2. The highest BCUT2D eigenvalue weighted by atomic mass is 35.5. The molecule has 0 fully saturated rings. The number of carbonyl (C=O) groups is 2. The van der Waals surface area contributed by atoms with Gasteiger partial charge < -0.3 is 14.8 Å². The molecule has 0 unspecified atom stereocenters. The second kappa shape index (κ2) is 9.67. The fraction of sp³-hybridized carbons (Fsp3) is 0.118. The predicted molar refractivity (Wildman–Crippen MR) is 103 cm³/mol. The van der Waals surface area contributed by atoms with Crippen LogP contribution in [0.2, 0.25) is 20.1 Å². The molecule has 0 aliphatic heterocycles. The van der Waals surface area contributed by atoms with E-state index in [0.717, 1.165) is 0 Å². The Morgan fingerprint density at radius 2 is 1.70 bits per heavy atom. The lowest BCUT2D eigenvalue weighted by molar-refractivity contribution is -0.149. The van der Waals surface area contributed by atoms with Crippen molar-refractivity contribution in [1.29, 1.82) is 5.26 Å². The maximum Gasteiger partial charge on any atom is 0.344 e. The van der Waals surface area contributed by atoms with E-state index < -0.39 is 25.1 Å². The first-order chi connectivity index (χ1) is 12.8. The molecule has 0 saturated heterocycles. The summed E-state index contributed by atoms with van der Waals surface area (Å²) in [5.74, 6) is -1.31. The molecule has 0 spiro atoms. The standard InChI is InChI=1S/C17H10Cl4N2O4/c18-10-2-1-9(6-22)14(3-10)23-16(24)7-27-17(25)8-26-15-5-12(20)11(19)4-13(15)21/h1-5H,7-8H2,(H,23,24). The van der Waals surface area contributed by atoms with Gasteiger partial charge in [0.25, 0.3) is 5.91 Å². The zero-order valence-electron chi connectivity index (χ0n) is 13.4. The molecule has 2 rings (SSSR count). The van der Waals surface area contributed by atoms with Crippen molar-refractivity contribution in [2.45, 2.75) is 0 Å². The van der Waals surface area contributed by atoms with Gasteiger partial charge >= 0.3 is 5.97 Å². The van der Waals surface area contributed by atoms with Crippen LogP contribution in [-0.4, -0.2) is 25.1 Å². The lowest BCUT2D eigenvalue weighted by Gasteiger charge is -2.10. The van der Waals surface area contributed by atoms with Gasteiger partial charge in [-0.25, -0.2) is 4.79 Å². The number of anilines is 1. The Hall–Kier alpha value is -2.17. The summed E-state index contributed by atoms with van der Waals surface area (Å²) in [5, 5.41) is 12.4. The monoisotopic (exact) mass is 446 g/mol. The van der Waals surface area contributed by atoms with E-state index in [-0.39, 0.29) is 32.1 Å². The third kappa shape index (κ3) is 6.19. The molecule has 140 valence electrons. The van der Waals surface area contributed by atoms with Crippen LogP contribution >= 0.6 is 46.4 Å². The summed E-state index contributed by atoms with van der Waals surface area (Å²) in [6, 6.07) is 9.02. The fourth-order valence-electron chi connectivity index (χ4n) is 1.84. The molecule has 0 aromatic heterocycles. The van der Waals surface area contributed by atoms with E-state index in [9.17, 15) is 9.59 Å². The summed E-state index contributed by atoms with van der Waals surface area (Å²) in [6.07, 6.45) is 0. The van der Waals surface area contributed by atoms with Crippen molar-refractivity contribution in [2.75, 3.05) is 18.5 Å². The van der Waals surface area contributed by atoms with Crippen LogP contribution in [0.1, 0.15) is 5.56 Å². The maximum absolute atomic E-state index is 11.9. The number of ether oxygens (including phenoxy) is 2. The third-order valence-corrected chi connectivity index (χ3v) is 4.31. The van der Waals surface area contributed by atoms with Crippen molar-refractivity contribution in [3.05, 3.63) is 56.0 Å². The van der Waals surface area contributed by atoms with Crippen LogP contribution in [0.4, 0.5) is 5.69 Å². The third-order valence-electron chi connectivity index (χ3n) is 3.06. The average molecular weight is 448 g/mol. The second-order valence-corrected chi connectivity index (χ2v) is 6.65. The smallest absolute Gasteiger partial charge is 0.344 e. The van der Waals surface area contributed by atoms with Crippen LogP contribution in [0, 0.1) is 11.3 Å². The molecule has 2 aromatic carbocycles. The number of hydrogen-bond acceptors (Lipinski definition) is 5. The number of nitrogens with one attached hydrogen (secondary N) is 1. The Morgan fingerprint density at radius 3 is 2.41 bits per heavy atom. The van der Waals surface area contributed by atoms with Gasteiger partial charge in [0.2, 0.25) is 0 Å². The minimum Gasteiger partial charge on any atom is -0.480 e. The quantitative estimate of drug-likeness (QED) is 0.510. The highest BCUT2D eigenvalue weighted by molar-refractivity contribution is 6.43. The summed E-state index contributed by atoms with van der Waals surface area (Å²) >= 11 is 23.4. The molecule has 0 saturated carbocycles. The molecule has 2 aromatic rings. The van der Waals surface area contributed by atoms with Crippen LogP contribution in [0.25, 0.3) is 0 Å². The van der Waals surface area contributed by atoms with E-state index in [1.54, 1.807) is 0 Å². The van der Waals surface area contributed by atoms with Gasteiger partial charge in [0.15, 0.2) is 13.2 Å². The Balaban J connectivity index is 1.85. The van der Waals surface area contributed by atoms with Gasteiger partial charge in [-0.1, -0.05) is 46.4 Å². The molecule has 0 aliphatic carbocycles. The van der Waals surface area contributed by atoms with Crippen LogP contribution in [-0.2, 0) is 14.3 Å². The number of esters is 1. The van der Waals surface area contributed by atoms with Gasteiger partial charge in [0.05, 0.1) is 26.3 Å². The van der Waals surface area contributed by atoms with Crippen molar-refractivity contribution in [1.82, 2.24) is 0 Å². The number of amides is 1. The molecule has 27 heavy (non-hydrogen) atoms. The molecule has 1 amide bonds. The minimum atomic E-state index is -0.807. The number of nitrogens with zero attached hydrogens (tertiary/aromatic N) is 1. The first kappa shape index (κ1) is 21.1. The van der Waals surface area contributed by atoms with Crippen LogP contribution in [0.15, 0.2) is 30.3 Å². The van der Waals surface area contributed by atoms with Crippen molar-refractivity contribution in [2.24, 2.45) is 0 Å². The number of carbonyl (C=O) groups excluding carboxylic acids is 2. The minimum absolute atomic E-state index is 0.144. The largest absolute Gasteiger partial charge is 0.480 e. The summed E-state index contributed by atoms with van der Waals surface area (Å²) in [7, 11) is 0. The first-order valence-corrected chi connectivity index (χ1v) is 8.74. The first-order valence-electron chi connectivity index (χ1n) is 7.22. The van der Waals surface area contributed by atoms with Gasteiger partial charge in [-0.05, 0) is 24.3 Å². The fourth-order valence-corrected chi connectivity index (χ4v) is 2.61. The topological polar surface area (TPSA) is 88.4 Å². The molecule has 10 heteroatoms. The normalized spacial score (nSPS) is 10.0. The Kier molecular flexibility index (Phi) is 7.57. The highest BCUT2D eigenvalue weighted by Gasteiger charge is 2.13. The van der Waals surface area contributed by atoms with Crippen molar-refractivity contribution in [3.63, 3.8) is 0 Å². The Labute approximate surface area is 174 Å². The van der Waals surface area contributed by atoms with Gasteiger partial charge in [0, 0.05) is 11.1 Å². The molecule has 0 bridgehead atoms. The molecular weight excluding hydrogens is 438 g/mol. The molecule has 0 heterocycles. The number of rotatable bonds is 6.